The van der Waals surface area contributed by atoms with Crippen molar-refractivity contribution in [1.29, 1.82) is 0 Å². The average molecular weight is 374 g/mol. The quantitative estimate of drug-likeness (QED) is 0.723. The topological polar surface area (TPSA) is 60.0 Å². The van der Waals surface area contributed by atoms with Crippen LogP contribution in [0.15, 0.2) is 46.9 Å². The van der Waals surface area contributed by atoms with Gasteiger partial charge in [-0.25, -0.2) is 4.98 Å². The first-order chi connectivity index (χ1) is 11.2. The van der Waals surface area contributed by atoms with Crippen LogP contribution in [0.3, 0.4) is 0 Å². The van der Waals surface area contributed by atoms with Gasteiger partial charge < -0.3 is 9.47 Å². The van der Waals surface area contributed by atoms with E-state index in [0.29, 0.717) is 29.8 Å². The molecule has 0 saturated carbocycles. The molecule has 0 unspecified atom stereocenters. The van der Waals surface area contributed by atoms with Gasteiger partial charge >= 0.3 is 0 Å². The molecule has 0 aliphatic carbocycles. The van der Waals surface area contributed by atoms with Crippen LogP contribution in [0.2, 0.25) is 0 Å². The van der Waals surface area contributed by atoms with Gasteiger partial charge in [-0.15, -0.1) is 0 Å². The van der Waals surface area contributed by atoms with Crippen molar-refractivity contribution in [1.82, 2.24) is 15.2 Å². The molecular formula is C17H16BrN3O2. The molecule has 5 nitrogen and oxygen atoms in total. The average Bonchev–Trinajstić information content (AvgIpc) is 3.05. The number of H-pyrrole nitrogens is 1. The largest absolute Gasteiger partial charge is 0.493 e. The van der Waals surface area contributed by atoms with E-state index in [0.717, 1.165) is 15.6 Å². The van der Waals surface area contributed by atoms with Crippen LogP contribution in [-0.4, -0.2) is 28.9 Å². The number of rotatable bonds is 5. The first-order valence-corrected chi connectivity index (χ1v) is 8.00. The van der Waals surface area contributed by atoms with Gasteiger partial charge in [-0.05, 0) is 31.2 Å². The third-order valence-corrected chi connectivity index (χ3v) is 4.03. The molecule has 0 spiro atoms. The predicted octanol–water partition coefficient (Wildman–Crippen LogP) is 4.31. The fraction of sp³-hybridized carbons (Fsp3) is 0.176. The van der Waals surface area contributed by atoms with Crippen molar-refractivity contribution in [2.75, 3.05) is 13.7 Å². The van der Waals surface area contributed by atoms with Gasteiger partial charge in [0.15, 0.2) is 23.1 Å². The number of aromatic amines is 1. The lowest BCUT2D eigenvalue weighted by Gasteiger charge is -2.09. The van der Waals surface area contributed by atoms with E-state index in [1.165, 1.54) is 0 Å². The second kappa shape index (κ2) is 6.83. The van der Waals surface area contributed by atoms with Gasteiger partial charge in [-0.1, -0.05) is 34.1 Å². The van der Waals surface area contributed by atoms with E-state index in [1.807, 2.05) is 49.4 Å². The second-order valence-corrected chi connectivity index (χ2v) is 5.64. The van der Waals surface area contributed by atoms with Crippen LogP contribution in [0.1, 0.15) is 6.92 Å². The molecule has 0 fully saturated rings. The maximum atomic E-state index is 5.60. The van der Waals surface area contributed by atoms with Crippen LogP contribution >= 0.6 is 15.9 Å². The zero-order valence-corrected chi connectivity index (χ0v) is 14.4. The number of nitrogens with zero attached hydrogens (tertiary/aromatic N) is 2. The molecule has 0 bridgehead atoms. The van der Waals surface area contributed by atoms with Crippen molar-refractivity contribution in [3.8, 4) is 34.3 Å². The number of nitrogens with one attached hydrogen (secondary N) is 1. The molecule has 1 heterocycles. The van der Waals surface area contributed by atoms with Gasteiger partial charge in [-0.3, -0.25) is 5.10 Å². The van der Waals surface area contributed by atoms with E-state index in [1.54, 1.807) is 7.11 Å². The van der Waals surface area contributed by atoms with Gasteiger partial charge in [0.05, 0.1) is 13.7 Å². The Kier molecular flexibility index (Phi) is 4.62. The number of hydrogen-bond donors (Lipinski definition) is 1. The fourth-order valence-electron chi connectivity index (χ4n) is 2.25. The van der Waals surface area contributed by atoms with E-state index >= 15 is 0 Å². The summed E-state index contributed by atoms with van der Waals surface area (Å²) >= 11 is 3.53. The van der Waals surface area contributed by atoms with Crippen LogP contribution < -0.4 is 9.47 Å². The van der Waals surface area contributed by atoms with Crippen molar-refractivity contribution < 1.29 is 9.47 Å². The molecule has 1 aromatic heterocycles. The molecule has 118 valence electrons. The molecule has 6 heteroatoms. The number of aromatic nitrogens is 3. The van der Waals surface area contributed by atoms with Crippen LogP contribution in [0, 0.1) is 0 Å². The molecular weight excluding hydrogens is 358 g/mol. The molecule has 0 amide bonds. The molecule has 23 heavy (non-hydrogen) atoms. The van der Waals surface area contributed by atoms with Crippen molar-refractivity contribution >= 4 is 15.9 Å². The Hall–Kier alpha value is -2.34. The third kappa shape index (κ3) is 3.22. The first-order valence-electron chi connectivity index (χ1n) is 7.21. The number of methoxy groups -OCH3 is 1. The van der Waals surface area contributed by atoms with Crippen LogP contribution in [0.4, 0.5) is 0 Å². The van der Waals surface area contributed by atoms with Gasteiger partial charge in [0.25, 0.3) is 0 Å². The monoisotopic (exact) mass is 373 g/mol. The summed E-state index contributed by atoms with van der Waals surface area (Å²) in [5, 5.41) is 7.29. The van der Waals surface area contributed by atoms with E-state index in [4.69, 9.17) is 9.47 Å². The summed E-state index contributed by atoms with van der Waals surface area (Å²) in [5.74, 6) is 2.69. The van der Waals surface area contributed by atoms with Crippen LogP contribution in [-0.2, 0) is 0 Å². The number of hydrogen-bond acceptors (Lipinski definition) is 4. The maximum Gasteiger partial charge on any atom is 0.181 e. The van der Waals surface area contributed by atoms with Crippen molar-refractivity contribution in [2.24, 2.45) is 0 Å². The van der Waals surface area contributed by atoms with E-state index in [-0.39, 0.29) is 0 Å². The molecule has 1 N–H and O–H groups in total. The highest BCUT2D eigenvalue weighted by Crippen LogP contribution is 2.32. The standard InChI is InChI=1S/C17H16BrN3O2/c1-3-23-15-10-11(8-9-14(15)22-2)16-19-17(21-20-16)12-6-4-5-7-13(12)18/h4-10H,3H2,1-2H3,(H,19,20,21). The Labute approximate surface area is 142 Å². The lowest BCUT2D eigenvalue weighted by molar-refractivity contribution is 0.311. The first kappa shape index (κ1) is 15.6. The van der Waals surface area contributed by atoms with E-state index in [2.05, 4.69) is 31.1 Å². The number of halogens is 1. The summed E-state index contributed by atoms with van der Waals surface area (Å²) in [7, 11) is 1.62. The lowest BCUT2D eigenvalue weighted by atomic mass is 10.2. The normalized spacial score (nSPS) is 10.6. The Morgan fingerprint density at radius 1 is 1.13 bits per heavy atom. The fourth-order valence-corrected chi connectivity index (χ4v) is 2.72. The molecule has 0 atom stereocenters. The van der Waals surface area contributed by atoms with Gasteiger partial charge in [0.1, 0.15) is 0 Å². The van der Waals surface area contributed by atoms with Crippen molar-refractivity contribution in [3.63, 3.8) is 0 Å². The summed E-state index contributed by atoms with van der Waals surface area (Å²) < 4.78 is 11.9. The third-order valence-electron chi connectivity index (χ3n) is 3.34. The van der Waals surface area contributed by atoms with E-state index in [9.17, 15) is 0 Å². The zero-order chi connectivity index (χ0) is 16.2. The highest BCUT2D eigenvalue weighted by molar-refractivity contribution is 9.10. The van der Waals surface area contributed by atoms with Gasteiger partial charge in [0, 0.05) is 15.6 Å². The summed E-state index contributed by atoms with van der Waals surface area (Å²) in [6.45, 7) is 2.50. The smallest absolute Gasteiger partial charge is 0.181 e. The molecule has 2 aromatic carbocycles. The van der Waals surface area contributed by atoms with Crippen molar-refractivity contribution in [2.45, 2.75) is 6.92 Å². The Morgan fingerprint density at radius 2 is 1.96 bits per heavy atom. The van der Waals surface area contributed by atoms with E-state index < -0.39 is 0 Å². The minimum absolute atomic E-state index is 0.565. The molecule has 0 aliphatic heterocycles. The minimum atomic E-state index is 0.565. The van der Waals surface area contributed by atoms with Crippen LogP contribution in [0.25, 0.3) is 22.8 Å². The van der Waals surface area contributed by atoms with Gasteiger partial charge in [0.2, 0.25) is 0 Å². The summed E-state index contributed by atoms with van der Waals surface area (Å²) in [6, 6.07) is 13.5. The molecule has 3 rings (SSSR count). The Balaban J connectivity index is 1.97. The second-order valence-electron chi connectivity index (χ2n) is 4.79. The molecule has 3 aromatic rings. The van der Waals surface area contributed by atoms with Crippen molar-refractivity contribution in [3.05, 3.63) is 46.9 Å². The van der Waals surface area contributed by atoms with Gasteiger partial charge in [-0.2, -0.15) is 5.10 Å². The van der Waals surface area contributed by atoms with Crippen LogP contribution in [0.5, 0.6) is 11.5 Å². The Morgan fingerprint density at radius 3 is 2.70 bits per heavy atom. The SMILES string of the molecule is CCOc1cc(-c2n[nH]c(-c3ccccc3Br)n2)ccc1OC. The minimum Gasteiger partial charge on any atom is -0.493 e. The molecule has 0 saturated heterocycles. The predicted molar refractivity (Wildman–Crippen MR) is 92.7 cm³/mol. The summed E-state index contributed by atoms with van der Waals surface area (Å²) in [4.78, 5) is 4.58. The summed E-state index contributed by atoms with van der Waals surface area (Å²) in [5.41, 5.74) is 1.83. The highest BCUT2D eigenvalue weighted by Gasteiger charge is 2.12. The number of ether oxygens (including phenoxy) is 2. The lowest BCUT2D eigenvalue weighted by Crippen LogP contribution is -1.96. The Bertz CT molecular complexity index is 817. The maximum absolute atomic E-state index is 5.60. The highest BCUT2D eigenvalue weighted by atomic mass is 79.9. The summed E-state index contributed by atoms with van der Waals surface area (Å²) in [6.07, 6.45) is 0. The molecule has 0 aliphatic rings. The number of benzene rings is 2. The molecule has 0 radical (unpaired) electrons. The zero-order valence-electron chi connectivity index (χ0n) is 12.8.